The molecule has 1 unspecified atom stereocenters. The van der Waals surface area contributed by atoms with E-state index in [4.69, 9.17) is 0 Å². The van der Waals surface area contributed by atoms with Crippen LogP contribution in [-0.4, -0.2) is 23.8 Å². The van der Waals surface area contributed by atoms with Gasteiger partial charge in [-0.3, -0.25) is 14.5 Å². The maximum atomic E-state index is 13.3. The average molecular weight is 298 g/mol. The third kappa shape index (κ3) is 2.35. The van der Waals surface area contributed by atoms with Crippen molar-refractivity contribution in [3.63, 3.8) is 0 Å². The van der Waals surface area contributed by atoms with Gasteiger partial charge in [0, 0.05) is 18.8 Å². The molecular weight excluding hydrogens is 283 g/mol. The van der Waals surface area contributed by atoms with Crippen molar-refractivity contribution in [1.29, 1.82) is 0 Å². The molecule has 1 heterocycles. The molecule has 1 aliphatic rings. The van der Waals surface area contributed by atoms with Crippen LogP contribution in [0.1, 0.15) is 39.2 Å². The number of carbonyl (C=O) groups excluding carboxylic acids is 2. The molecule has 3 rings (SSSR count). The van der Waals surface area contributed by atoms with Crippen LogP contribution in [0.5, 0.6) is 0 Å². The molecule has 0 saturated heterocycles. The molecule has 0 aliphatic carbocycles. The molecule has 1 N–H and O–H groups in total. The number of amides is 2. The van der Waals surface area contributed by atoms with Crippen molar-refractivity contribution < 1.29 is 14.0 Å². The number of hydrogen-bond acceptors (Lipinski definition) is 3. The first-order valence-electron chi connectivity index (χ1n) is 6.96. The van der Waals surface area contributed by atoms with Gasteiger partial charge in [-0.25, -0.2) is 4.39 Å². The van der Waals surface area contributed by atoms with E-state index in [-0.39, 0.29) is 23.7 Å². The molecule has 0 bridgehead atoms. The van der Waals surface area contributed by atoms with Crippen LogP contribution in [0.2, 0.25) is 0 Å². The van der Waals surface area contributed by atoms with Crippen LogP contribution < -0.4 is 5.32 Å². The molecule has 2 aromatic carbocycles. The first-order valence-corrected chi connectivity index (χ1v) is 6.96. The third-order valence-electron chi connectivity index (χ3n) is 3.82. The van der Waals surface area contributed by atoms with Gasteiger partial charge in [0.25, 0.3) is 11.8 Å². The quantitative estimate of drug-likeness (QED) is 0.885. The fraction of sp³-hybridized carbons (Fsp3) is 0.176. The van der Waals surface area contributed by atoms with Gasteiger partial charge in [-0.15, -0.1) is 0 Å². The molecule has 0 radical (unpaired) electrons. The Hall–Kier alpha value is -2.69. The average Bonchev–Trinajstić information content (AvgIpc) is 2.72. The van der Waals surface area contributed by atoms with E-state index in [9.17, 15) is 14.0 Å². The number of rotatable bonds is 3. The Morgan fingerprint density at radius 3 is 2.50 bits per heavy atom. The second kappa shape index (κ2) is 5.26. The van der Waals surface area contributed by atoms with Crippen LogP contribution in [-0.2, 0) is 0 Å². The Bertz CT molecular complexity index is 773. The van der Waals surface area contributed by atoms with Crippen molar-refractivity contribution >= 4 is 17.5 Å². The van der Waals surface area contributed by atoms with Gasteiger partial charge >= 0.3 is 0 Å². The summed E-state index contributed by atoms with van der Waals surface area (Å²) in [5.74, 6) is -0.880. The van der Waals surface area contributed by atoms with Gasteiger partial charge in [-0.05, 0) is 42.8 Å². The standard InChI is InChI=1S/C17H15FN2O2/c1-10(11-4-3-5-12(18)8-11)19-13-6-7-14-15(9-13)17(22)20(2)16(14)21/h3-10,19H,1-2H3. The predicted molar refractivity (Wildman–Crippen MR) is 81.3 cm³/mol. The topological polar surface area (TPSA) is 49.4 Å². The van der Waals surface area contributed by atoms with Crippen molar-refractivity contribution in [3.8, 4) is 0 Å². The van der Waals surface area contributed by atoms with Crippen molar-refractivity contribution in [2.24, 2.45) is 0 Å². The fourth-order valence-corrected chi connectivity index (χ4v) is 2.56. The summed E-state index contributed by atoms with van der Waals surface area (Å²) in [5, 5.41) is 3.22. The zero-order valence-corrected chi connectivity index (χ0v) is 12.3. The third-order valence-corrected chi connectivity index (χ3v) is 3.82. The normalized spacial score (nSPS) is 15.0. The summed E-state index contributed by atoms with van der Waals surface area (Å²) in [7, 11) is 1.47. The molecule has 22 heavy (non-hydrogen) atoms. The minimum absolute atomic E-state index is 0.126. The maximum absolute atomic E-state index is 13.3. The van der Waals surface area contributed by atoms with E-state index in [2.05, 4.69) is 5.32 Å². The number of imide groups is 1. The highest BCUT2D eigenvalue weighted by molar-refractivity contribution is 6.21. The van der Waals surface area contributed by atoms with Gasteiger partial charge in [0.15, 0.2) is 0 Å². The number of halogens is 1. The molecule has 0 fully saturated rings. The molecule has 2 amide bonds. The second-order valence-corrected chi connectivity index (χ2v) is 5.35. The number of anilines is 1. The lowest BCUT2D eigenvalue weighted by Gasteiger charge is -2.16. The Morgan fingerprint density at radius 2 is 1.77 bits per heavy atom. The molecule has 2 aromatic rings. The highest BCUT2D eigenvalue weighted by atomic mass is 19.1. The van der Waals surface area contributed by atoms with Crippen LogP contribution in [0, 0.1) is 5.82 Å². The summed E-state index contributed by atoms with van der Waals surface area (Å²) >= 11 is 0. The van der Waals surface area contributed by atoms with E-state index in [1.165, 1.54) is 19.2 Å². The molecule has 1 atom stereocenters. The zero-order valence-electron chi connectivity index (χ0n) is 12.3. The van der Waals surface area contributed by atoms with Gasteiger partial charge in [-0.2, -0.15) is 0 Å². The van der Waals surface area contributed by atoms with E-state index < -0.39 is 0 Å². The summed E-state index contributed by atoms with van der Waals surface area (Å²) in [6, 6.07) is 11.3. The van der Waals surface area contributed by atoms with Crippen molar-refractivity contribution in [3.05, 3.63) is 65.0 Å². The zero-order chi connectivity index (χ0) is 15.9. The van der Waals surface area contributed by atoms with Gasteiger partial charge in [0.05, 0.1) is 11.1 Å². The Kier molecular flexibility index (Phi) is 3.41. The lowest BCUT2D eigenvalue weighted by Crippen LogP contribution is -2.24. The molecular formula is C17H15FN2O2. The fourth-order valence-electron chi connectivity index (χ4n) is 2.56. The molecule has 1 aliphatic heterocycles. The van der Waals surface area contributed by atoms with E-state index in [0.29, 0.717) is 16.8 Å². The highest BCUT2D eigenvalue weighted by Crippen LogP contribution is 2.27. The van der Waals surface area contributed by atoms with E-state index in [0.717, 1.165) is 10.5 Å². The van der Waals surface area contributed by atoms with Crippen molar-refractivity contribution in [1.82, 2.24) is 4.90 Å². The second-order valence-electron chi connectivity index (χ2n) is 5.35. The van der Waals surface area contributed by atoms with E-state index in [1.807, 2.05) is 13.0 Å². The first-order chi connectivity index (χ1) is 10.5. The van der Waals surface area contributed by atoms with Crippen molar-refractivity contribution in [2.75, 3.05) is 12.4 Å². The van der Waals surface area contributed by atoms with Gasteiger partial charge < -0.3 is 5.32 Å². The predicted octanol–water partition coefficient (Wildman–Crippen LogP) is 3.22. The van der Waals surface area contributed by atoms with Crippen LogP contribution >= 0.6 is 0 Å². The van der Waals surface area contributed by atoms with Crippen LogP contribution in [0.3, 0.4) is 0 Å². The lowest BCUT2D eigenvalue weighted by molar-refractivity contribution is 0.0693. The molecule has 0 saturated carbocycles. The minimum Gasteiger partial charge on any atom is -0.378 e. The number of benzene rings is 2. The summed E-state index contributed by atoms with van der Waals surface area (Å²) in [4.78, 5) is 24.9. The summed E-state index contributed by atoms with van der Waals surface area (Å²) in [5.41, 5.74) is 2.33. The maximum Gasteiger partial charge on any atom is 0.261 e. The molecule has 5 heteroatoms. The van der Waals surface area contributed by atoms with Crippen LogP contribution in [0.4, 0.5) is 10.1 Å². The van der Waals surface area contributed by atoms with Gasteiger partial charge in [0.2, 0.25) is 0 Å². The molecule has 0 spiro atoms. The number of fused-ring (bicyclic) bond motifs is 1. The Labute approximate surface area is 127 Å². The monoisotopic (exact) mass is 298 g/mol. The van der Waals surface area contributed by atoms with Crippen LogP contribution in [0.25, 0.3) is 0 Å². The van der Waals surface area contributed by atoms with Gasteiger partial charge in [-0.1, -0.05) is 12.1 Å². The molecule has 112 valence electrons. The Morgan fingerprint density at radius 1 is 1.05 bits per heavy atom. The largest absolute Gasteiger partial charge is 0.378 e. The smallest absolute Gasteiger partial charge is 0.261 e. The van der Waals surface area contributed by atoms with E-state index >= 15 is 0 Å². The van der Waals surface area contributed by atoms with E-state index in [1.54, 1.807) is 24.3 Å². The van der Waals surface area contributed by atoms with Crippen molar-refractivity contribution in [2.45, 2.75) is 13.0 Å². The summed E-state index contributed by atoms with van der Waals surface area (Å²) in [6.45, 7) is 1.90. The Balaban J connectivity index is 1.86. The molecule has 0 aromatic heterocycles. The lowest BCUT2D eigenvalue weighted by atomic mass is 10.1. The number of nitrogens with zero attached hydrogens (tertiary/aromatic N) is 1. The van der Waals surface area contributed by atoms with Gasteiger partial charge in [0.1, 0.15) is 5.82 Å². The van der Waals surface area contributed by atoms with Crippen LogP contribution in [0.15, 0.2) is 42.5 Å². The number of nitrogens with one attached hydrogen (secondary N) is 1. The summed E-state index contributed by atoms with van der Waals surface area (Å²) < 4.78 is 13.3. The SMILES string of the molecule is CC(Nc1ccc2c(c1)C(=O)N(C)C2=O)c1cccc(F)c1. The number of carbonyl (C=O) groups is 2. The highest BCUT2D eigenvalue weighted by Gasteiger charge is 2.32. The molecule has 4 nitrogen and oxygen atoms in total. The number of hydrogen-bond donors (Lipinski definition) is 1. The minimum atomic E-state index is -0.304. The summed E-state index contributed by atoms with van der Waals surface area (Å²) in [6.07, 6.45) is 0. The first kappa shape index (κ1) is 14.3.